The van der Waals surface area contributed by atoms with Crippen molar-refractivity contribution in [2.24, 2.45) is 17.8 Å². The van der Waals surface area contributed by atoms with Gasteiger partial charge in [-0.1, -0.05) is 12.8 Å². The predicted molar refractivity (Wildman–Crippen MR) is 72.5 cm³/mol. The summed E-state index contributed by atoms with van der Waals surface area (Å²) in [5.74, 6) is 3.06. The maximum atomic E-state index is 5.96. The molecule has 1 heterocycles. The van der Waals surface area contributed by atoms with Crippen molar-refractivity contribution in [3.05, 3.63) is 0 Å². The fourth-order valence-corrected chi connectivity index (χ4v) is 4.36. The molecule has 3 saturated carbocycles. The van der Waals surface area contributed by atoms with Gasteiger partial charge in [-0.3, -0.25) is 0 Å². The maximum Gasteiger partial charge on any atom is 0.0757 e. The third-order valence-corrected chi connectivity index (χ3v) is 5.68. The van der Waals surface area contributed by atoms with E-state index in [0.717, 1.165) is 30.4 Å². The number of rotatable bonds is 4. The number of ether oxygens (including phenoxy) is 1. The molecule has 0 aromatic carbocycles. The van der Waals surface area contributed by atoms with Gasteiger partial charge in [0.2, 0.25) is 0 Å². The minimum Gasteiger partial charge on any atom is -0.376 e. The van der Waals surface area contributed by atoms with Crippen LogP contribution in [0, 0.1) is 17.8 Å². The number of hydrogen-bond acceptors (Lipinski definition) is 2. The van der Waals surface area contributed by atoms with Crippen LogP contribution in [0.1, 0.15) is 57.8 Å². The van der Waals surface area contributed by atoms with Crippen LogP contribution < -0.4 is 5.32 Å². The maximum absolute atomic E-state index is 5.96. The molecule has 1 aliphatic heterocycles. The van der Waals surface area contributed by atoms with Crippen LogP contribution in [-0.4, -0.2) is 24.8 Å². The van der Waals surface area contributed by atoms with Crippen molar-refractivity contribution in [2.45, 2.75) is 76.0 Å². The zero-order valence-electron chi connectivity index (χ0n) is 11.4. The highest BCUT2D eigenvalue weighted by atomic mass is 16.5. The smallest absolute Gasteiger partial charge is 0.0757 e. The van der Waals surface area contributed by atoms with E-state index in [1.165, 1.54) is 57.8 Å². The molecule has 0 amide bonds. The highest BCUT2D eigenvalue weighted by Crippen LogP contribution is 2.44. The summed E-state index contributed by atoms with van der Waals surface area (Å²) >= 11 is 0. The van der Waals surface area contributed by atoms with Crippen molar-refractivity contribution in [2.75, 3.05) is 6.61 Å². The SMILES string of the molecule is C1CC(NC2CCOC2C2CC2)CC(C2CC2)C1. The average Bonchev–Trinajstić information content (AvgIpc) is 3.30. The Morgan fingerprint density at radius 2 is 1.61 bits per heavy atom. The Hall–Kier alpha value is -0.0800. The van der Waals surface area contributed by atoms with Crippen LogP contribution in [0.25, 0.3) is 0 Å². The van der Waals surface area contributed by atoms with Gasteiger partial charge in [-0.25, -0.2) is 0 Å². The molecular weight excluding hydrogens is 222 g/mol. The summed E-state index contributed by atoms with van der Waals surface area (Å²) in [5.41, 5.74) is 0. The van der Waals surface area contributed by atoms with Gasteiger partial charge in [0.15, 0.2) is 0 Å². The second-order valence-corrected chi connectivity index (χ2v) is 7.20. The largest absolute Gasteiger partial charge is 0.376 e. The molecule has 4 fully saturated rings. The topological polar surface area (TPSA) is 21.3 Å². The summed E-state index contributed by atoms with van der Waals surface area (Å²) in [6.07, 6.45) is 13.5. The normalized spacial score (nSPS) is 45.3. The molecule has 4 aliphatic rings. The Morgan fingerprint density at radius 3 is 2.39 bits per heavy atom. The Morgan fingerprint density at radius 1 is 0.778 bits per heavy atom. The molecule has 0 aromatic heterocycles. The highest BCUT2D eigenvalue weighted by molar-refractivity contribution is 4.96. The molecule has 0 radical (unpaired) electrons. The molecule has 0 spiro atoms. The average molecular weight is 249 g/mol. The number of hydrogen-bond donors (Lipinski definition) is 1. The molecule has 1 N–H and O–H groups in total. The van der Waals surface area contributed by atoms with Crippen molar-refractivity contribution in [3.63, 3.8) is 0 Å². The van der Waals surface area contributed by atoms with Gasteiger partial charge in [-0.2, -0.15) is 0 Å². The fraction of sp³-hybridized carbons (Fsp3) is 1.00. The molecule has 102 valence electrons. The van der Waals surface area contributed by atoms with Crippen molar-refractivity contribution in [1.82, 2.24) is 5.32 Å². The van der Waals surface area contributed by atoms with Crippen LogP contribution in [-0.2, 0) is 4.74 Å². The first kappa shape index (κ1) is 11.7. The lowest BCUT2D eigenvalue weighted by Gasteiger charge is -2.33. The third kappa shape index (κ3) is 2.46. The minimum atomic E-state index is 0.561. The summed E-state index contributed by atoms with van der Waals surface area (Å²) in [4.78, 5) is 0. The van der Waals surface area contributed by atoms with Crippen LogP contribution in [0.5, 0.6) is 0 Å². The first-order chi connectivity index (χ1) is 8.90. The van der Waals surface area contributed by atoms with E-state index in [1.54, 1.807) is 0 Å². The van der Waals surface area contributed by atoms with Crippen molar-refractivity contribution in [3.8, 4) is 0 Å². The molecule has 2 heteroatoms. The first-order valence-corrected chi connectivity index (χ1v) is 8.28. The summed E-state index contributed by atoms with van der Waals surface area (Å²) in [5, 5.41) is 3.98. The number of nitrogens with one attached hydrogen (secondary N) is 1. The van der Waals surface area contributed by atoms with E-state index >= 15 is 0 Å². The zero-order chi connectivity index (χ0) is 11.9. The first-order valence-electron chi connectivity index (χ1n) is 8.28. The van der Waals surface area contributed by atoms with E-state index in [4.69, 9.17) is 4.74 Å². The van der Waals surface area contributed by atoms with Gasteiger partial charge in [-0.05, 0) is 62.7 Å². The predicted octanol–water partition coefficient (Wildman–Crippen LogP) is 3.11. The molecular formula is C16H27NO. The molecule has 1 saturated heterocycles. The van der Waals surface area contributed by atoms with Crippen LogP contribution in [0.2, 0.25) is 0 Å². The third-order valence-electron chi connectivity index (χ3n) is 5.68. The summed E-state index contributed by atoms with van der Waals surface area (Å²) in [6.45, 7) is 0.998. The summed E-state index contributed by atoms with van der Waals surface area (Å²) in [6, 6.07) is 1.48. The van der Waals surface area contributed by atoms with Gasteiger partial charge in [0.1, 0.15) is 0 Å². The molecule has 0 aromatic rings. The summed E-state index contributed by atoms with van der Waals surface area (Å²) in [7, 11) is 0. The molecule has 4 unspecified atom stereocenters. The molecule has 4 rings (SSSR count). The van der Waals surface area contributed by atoms with Crippen molar-refractivity contribution in [1.29, 1.82) is 0 Å². The van der Waals surface area contributed by atoms with E-state index in [9.17, 15) is 0 Å². The Balaban J connectivity index is 1.32. The monoisotopic (exact) mass is 249 g/mol. The van der Waals surface area contributed by atoms with Crippen molar-refractivity contribution < 1.29 is 4.74 Å². The molecule has 0 bridgehead atoms. The zero-order valence-corrected chi connectivity index (χ0v) is 11.4. The van der Waals surface area contributed by atoms with E-state index in [1.807, 2.05) is 0 Å². The lowest BCUT2D eigenvalue weighted by Crippen LogP contribution is -2.45. The Labute approximate surface area is 111 Å². The fourth-order valence-electron chi connectivity index (χ4n) is 4.36. The van der Waals surface area contributed by atoms with Gasteiger partial charge >= 0.3 is 0 Å². The summed E-state index contributed by atoms with van der Waals surface area (Å²) < 4.78 is 5.96. The van der Waals surface area contributed by atoms with Gasteiger partial charge in [0, 0.05) is 18.7 Å². The molecule has 4 atom stereocenters. The van der Waals surface area contributed by atoms with E-state index in [2.05, 4.69) is 5.32 Å². The molecule has 2 nitrogen and oxygen atoms in total. The van der Waals surface area contributed by atoms with Crippen LogP contribution in [0.4, 0.5) is 0 Å². The van der Waals surface area contributed by atoms with Crippen LogP contribution in [0.15, 0.2) is 0 Å². The highest BCUT2D eigenvalue weighted by Gasteiger charge is 2.42. The van der Waals surface area contributed by atoms with Crippen LogP contribution in [0.3, 0.4) is 0 Å². The van der Waals surface area contributed by atoms with Gasteiger partial charge in [0.05, 0.1) is 6.10 Å². The molecule has 3 aliphatic carbocycles. The molecule has 18 heavy (non-hydrogen) atoms. The standard InChI is InChI=1S/C16H27NO/c1-2-13(11-4-5-11)10-14(3-1)17-15-8-9-18-16(15)12-6-7-12/h11-17H,1-10H2. The van der Waals surface area contributed by atoms with Crippen LogP contribution >= 0.6 is 0 Å². The van der Waals surface area contributed by atoms with Gasteiger partial charge in [0.25, 0.3) is 0 Å². The van der Waals surface area contributed by atoms with Gasteiger partial charge in [-0.15, -0.1) is 0 Å². The Bertz CT molecular complexity index is 297. The second kappa shape index (κ2) is 4.79. The van der Waals surface area contributed by atoms with E-state index < -0.39 is 0 Å². The second-order valence-electron chi connectivity index (χ2n) is 7.20. The lowest BCUT2D eigenvalue weighted by molar-refractivity contribution is 0.0762. The minimum absolute atomic E-state index is 0.561. The van der Waals surface area contributed by atoms with E-state index in [0.29, 0.717) is 12.1 Å². The quantitative estimate of drug-likeness (QED) is 0.826. The van der Waals surface area contributed by atoms with Crippen molar-refractivity contribution >= 4 is 0 Å². The Kier molecular flexibility index (Phi) is 3.12. The van der Waals surface area contributed by atoms with Gasteiger partial charge < -0.3 is 10.1 Å². The van der Waals surface area contributed by atoms with E-state index in [-0.39, 0.29) is 0 Å². The lowest BCUT2D eigenvalue weighted by atomic mass is 9.82.